The molecule has 0 bridgehead atoms. The Kier molecular flexibility index (Phi) is 18.3. The highest BCUT2D eigenvalue weighted by molar-refractivity contribution is 8.04. The first-order valence-corrected chi connectivity index (χ1v) is 28.9. The summed E-state index contributed by atoms with van der Waals surface area (Å²) >= 11 is 3.57. The third kappa shape index (κ3) is 11.2. The van der Waals surface area contributed by atoms with Gasteiger partial charge in [-0.1, -0.05) is 20.8 Å². The third-order valence-corrected chi connectivity index (χ3v) is 20.9. The molecule has 0 saturated carbocycles. The van der Waals surface area contributed by atoms with Gasteiger partial charge in [0.2, 0.25) is 35.4 Å². The average Bonchev–Trinajstić information content (AvgIpc) is 4.38. The second kappa shape index (κ2) is 23.6. The lowest BCUT2D eigenvalue weighted by atomic mass is 9.79. The molecule has 7 aliphatic rings. The zero-order valence-electron chi connectivity index (χ0n) is 45.9. The molecule has 0 unspecified atom stereocenters. The largest absolute Gasteiger partial charge is 0.477 e. The minimum Gasteiger partial charge on any atom is -0.477 e. The fourth-order valence-electron chi connectivity index (χ4n) is 12.5. The quantitative estimate of drug-likeness (QED) is 0.0706. The lowest BCUT2D eigenvalue weighted by Gasteiger charge is -2.46. The van der Waals surface area contributed by atoms with Crippen molar-refractivity contribution in [3.05, 3.63) is 31.8 Å². The Hall–Kier alpha value is -5.06. The van der Waals surface area contributed by atoms with Gasteiger partial charge >= 0.3 is 17.9 Å². The molecular formula is C51H75N9O15S3. The number of carbonyl (C=O) groups is 9. The van der Waals surface area contributed by atoms with Gasteiger partial charge in [-0.3, -0.25) is 28.8 Å². The molecule has 0 aromatic heterocycles. The molecule has 0 aromatic rings. The van der Waals surface area contributed by atoms with Crippen molar-refractivity contribution in [2.75, 3.05) is 61.9 Å². The second-order valence-electron chi connectivity index (χ2n) is 22.4. The molecule has 9 N–H and O–H groups in total. The van der Waals surface area contributed by atoms with Crippen LogP contribution in [0.15, 0.2) is 31.8 Å². The van der Waals surface area contributed by atoms with Crippen LogP contribution in [0.2, 0.25) is 0 Å². The van der Waals surface area contributed by atoms with Gasteiger partial charge in [-0.05, 0) is 40.0 Å². The minimum atomic E-state index is -1.40. The van der Waals surface area contributed by atoms with Gasteiger partial charge < -0.3 is 76.0 Å². The van der Waals surface area contributed by atoms with Crippen LogP contribution in [0.1, 0.15) is 60.8 Å². The van der Waals surface area contributed by atoms with Crippen molar-refractivity contribution in [3.63, 3.8) is 0 Å². The van der Waals surface area contributed by atoms with E-state index in [9.17, 15) is 64.2 Å². The number of β-lactam (4-membered cyclic amide) rings is 1. The number of aliphatic hydroxyl groups is 3. The predicted octanol–water partition coefficient (Wildman–Crippen LogP) is -0.924. The number of nitrogens with one attached hydrogen (secondary N) is 3. The molecule has 24 nitrogen and oxygen atoms in total. The van der Waals surface area contributed by atoms with Crippen LogP contribution >= 0.6 is 35.3 Å². The summed E-state index contributed by atoms with van der Waals surface area (Å²) < 4.78 is 0. The molecule has 4 fully saturated rings. The monoisotopic (exact) mass is 1150 g/mol. The Bertz CT molecular complexity index is 2570. The van der Waals surface area contributed by atoms with E-state index in [-0.39, 0.29) is 59.1 Å². The highest BCUT2D eigenvalue weighted by Gasteiger charge is 2.61. The van der Waals surface area contributed by atoms with Crippen LogP contribution in [-0.2, 0) is 43.2 Å². The van der Waals surface area contributed by atoms with Crippen LogP contribution in [0, 0.1) is 35.5 Å². The van der Waals surface area contributed by atoms with E-state index in [2.05, 4.69) is 16.0 Å². The van der Waals surface area contributed by atoms with E-state index in [1.165, 1.54) is 90.1 Å². The van der Waals surface area contributed by atoms with Gasteiger partial charge in [-0.25, -0.2) is 14.4 Å². The normalized spacial score (nSPS) is 32.5. The van der Waals surface area contributed by atoms with Crippen LogP contribution in [0.4, 0.5) is 0 Å². The maximum Gasteiger partial charge on any atom is 0.353 e. The van der Waals surface area contributed by atoms with E-state index in [0.717, 1.165) is 23.5 Å². The van der Waals surface area contributed by atoms with Crippen molar-refractivity contribution < 1.29 is 73.8 Å². The fourth-order valence-corrected chi connectivity index (χ4v) is 17.0. The first kappa shape index (κ1) is 60.6. The number of aliphatic carboxylic acids is 3. The second-order valence-corrected chi connectivity index (χ2v) is 26.4. The first-order valence-electron chi connectivity index (χ1n) is 26.2. The number of likely N-dealkylation sites (N-methyl/N-ethyl adjacent to an activating group) is 3. The highest BCUT2D eigenvalue weighted by Crippen LogP contribution is 2.53. The maximum atomic E-state index is 15.1. The standard InChI is InChI=1S/C51H75N9O15S3/c1-19-34(53-36(49(70)71)40(19)76-25-13-28(52-16-25)43(64)55(7)8)31(22(4)61)46(67)58-17-26(14-29(58)44(65)56(9)10)77-41-20(2)35(54-37(41)50(72)73)32(23(5)62)47(68)59-18-27(15-30(59)45(66)57(11)12)78-42-21(3)38-33(24(6)63)48(69)60(38)39(42)51(74)75/h19-35,38,52-54,61-63H,13-18H2,1-12H3,(H,70,71)(H,72,73)(H,74,75)/t19-,20-,21-,22+,23-,24-,25+,26+,27+,28+,29+,30+,31-,32-,33-,34-,35-,38-/m1/s1. The minimum absolute atomic E-state index is 0.0491. The number of carboxylic acids is 3. The first-order chi connectivity index (χ1) is 36.4. The van der Waals surface area contributed by atoms with Crippen LogP contribution < -0.4 is 16.0 Å². The Morgan fingerprint density at radius 3 is 1.36 bits per heavy atom. The van der Waals surface area contributed by atoms with Crippen molar-refractivity contribution in [3.8, 4) is 0 Å². The lowest BCUT2D eigenvalue weighted by molar-refractivity contribution is -0.163. The Morgan fingerprint density at radius 2 is 0.987 bits per heavy atom. The summed E-state index contributed by atoms with van der Waals surface area (Å²) in [5, 5.41) is 72.6. The Morgan fingerprint density at radius 1 is 0.577 bits per heavy atom. The zero-order valence-corrected chi connectivity index (χ0v) is 48.3. The Labute approximate surface area is 466 Å². The van der Waals surface area contributed by atoms with E-state index in [1.807, 2.05) is 0 Å². The van der Waals surface area contributed by atoms with Crippen LogP contribution in [0.25, 0.3) is 0 Å². The molecule has 27 heteroatoms. The molecule has 0 radical (unpaired) electrons. The summed E-state index contributed by atoms with van der Waals surface area (Å²) in [4.78, 5) is 132. The molecule has 18 atom stereocenters. The number of amides is 6. The van der Waals surface area contributed by atoms with E-state index in [1.54, 1.807) is 34.9 Å². The summed E-state index contributed by atoms with van der Waals surface area (Å²) in [5.74, 6) is -12.0. The van der Waals surface area contributed by atoms with Gasteiger partial charge in [0.15, 0.2) is 0 Å². The van der Waals surface area contributed by atoms with Crippen LogP contribution in [0.5, 0.6) is 0 Å². The summed E-state index contributed by atoms with van der Waals surface area (Å²) in [7, 11) is 9.41. The molecule has 0 aliphatic carbocycles. The molecule has 0 aromatic carbocycles. The number of rotatable bonds is 19. The molecule has 7 heterocycles. The van der Waals surface area contributed by atoms with Crippen molar-refractivity contribution in [2.45, 2.75) is 131 Å². The maximum absolute atomic E-state index is 15.1. The van der Waals surface area contributed by atoms with Crippen LogP contribution in [-0.4, -0.2) is 246 Å². The number of thioether (sulfide) groups is 3. The van der Waals surface area contributed by atoms with Gasteiger partial charge in [0.05, 0.1) is 48.1 Å². The number of hydrogen-bond acceptors (Lipinski definition) is 18. The van der Waals surface area contributed by atoms with Gasteiger partial charge in [-0.15, -0.1) is 35.3 Å². The van der Waals surface area contributed by atoms with Crippen molar-refractivity contribution in [1.82, 2.24) is 45.3 Å². The molecule has 432 valence electrons. The number of nitrogens with zero attached hydrogens (tertiary/aromatic N) is 6. The number of likely N-dealkylation sites (tertiary alicyclic amines) is 2. The third-order valence-electron chi connectivity index (χ3n) is 16.4. The number of aliphatic hydroxyl groups excluding tert-OH is 3. The topological polar surface area (TPSA) is 331 Å². The van der Waals surface area contributed by atoms with Gasteiger partial charge in [0, 0.05) is 122 Å². The van der Waals surface area contributed by atoms with E-state index in [4.69, 9.17) is 0 Å². The van der Waals surface area contributed by atoms with Crippen molar-refractivity contribution >= 4 is 88.6 Å². The highest BCUT2D eigenvalue weighted by atomic mass is 32.2. The van der Waals surface area contributed by atoms with Crippen molar-refractivity contribution in [2.24, 2.45) is 35.5 Å². The number of fused-ring (bicyclic) bond motifs is 1. The van der Waals surface area contributed by atoms with Crippen molar-refractivity contribution in [1.29, 1.82) is 0 Å². The molecule has 78 heavy (non-hydrogen) atoms. The number of hydrogen-bond donors (Lipinski definition) is 9. The molecule has 6 amide bonds. The van der Waals surface area contributed by atoms with Gasteiger partial charge in [0.25, 0.3) is 0 Å². The van der Waals surface area contributed by atoms with E-state index in [0.29, 0.717) is 22.8 Å². The predicted molar refractivity (Wildman–Crippen MR) is 288 cm³/mol. The smallest absolute Gasteiger partial charge is 0.353 e. The van der Waals surface area contributed by atoms with Gasteiger partial charge in [0.1, 0.15) is 29.2 Å². The number of carboxylic acid groups (broad SMARTS) is 3. The van der Waals surface area contributed by atoms with Gasteiger partial charge in [-0.2, -0.15) is 0 Å². The fraction of sp³-hybridized carbons (Fsp3) is 0.706. The SMILES string of the molecule is C[C@H](O)[C@@H](C(=O)N1C[C@@H](SC2=C(C(=O)O)N[C@@H]([C@H](C(=O)N3C[C@@H](SC4=C(C(=O)O)N5C(=O)[C@H]([C@@H](C)O)[C@H]5[C@H]4C)C[C@H]3C(=O)N(C)C)[C@@H](C)O)[C@H]2C)C[C@H]1C(=O)N(C)C)[C@@H]1NC(C(=O)O)=C(S[C@@H]2CN[C@H](C(=O)N(C)C)C2)[C@@H]1C. The molecule has 4 saturated heterocycles. The average molecular weight is 1150 g/mol. The summed E-state index contributed by atoms with van der Waals surface area (Å²) in [6.45, 7) is 9.78. The Balaban J connectivity index is 1.11. The summed E-state index contributed by atoms with van der Waals surface area (Å²) in [5.41, 5.74) is -0.595. The molecule has 7 rings (SSSR count). The lowest BCUT2D eigenvalue weighted by Crippen LogP contribution is -2.63. The molecule has 7 aliphatic heterocycles. The molecule has 0 spiro atoms. The zero-order chi connectivity index (χ0) is 58.0. The van der Waals surface area contributed by atoms with E-state index >= 15 is 9.59 Å². The summed E-state index contributed by atoms with van der Waals surface area (Å²) in [6, 6.07) is -5.16. The molecular weight excluding hydrogens is 1070 g/mol. The van der Waals surface area contributed by atoms with E-state index < -0.39 is 148 Å². The summed E-state index contributed by atoms with van der Waals surface area (Å²) in [6.07, 6.45) is -3.19. The van der Waals surface area contributed by atoms with Crippen LogP contribution in [0.3, 0.4) is 0 Å². The number of carbonyl (C=O) groups excluding carboxylic acids is 6.